The van der Waals surface area contributed by atoms with Crippen LogP contribution in [0.3, 0.4) is 0 Å². The number of fused-ring (bicyclic) bond motifs is 1. The number of likely N-dealkylation sites (N-methyl/N-ethyl adjacent to an activating group) is 2. The highest BCUT2D eigenvalue weighted by atomic mass is 16.5. The molecule has 0 fully saturated rings. The van der Waals surface area contributed by atoms with E-state index in [2.05, 4.69) is 10.6 Å². The van der Waals surface area contributed by atoms with E-state index < -0.39 is 11.9 Å². The molecule has 10 nitrogen and oxygen atoms in total. The van der Waals surface area contributed by atoms with E-state index in [1.807, 2.05) is 30.3 Å². The van der Waals surface area contributed by atoms with Crippen molar-refractivity contribution in [3.8, 4) is 0 Å². The molecule has 2 amide bonds. The van der Waals surface area contributed by atoms with Gasteiger partial charge in [-0.25, -0.2) is 9.59 Å². The first-order valence-electron chi connectivity index (χ1n) is 13.6. The molecule has 3 aromatic rings. The fourth-order valence-corrected chi connectivity index (χ4v) is 4.58. The van der Waals surface area contributed by atoms with Crippen LogP contribution in [0.2, 0.25) is 0 Å². The predicted octanol–water partition coefficient (Wildman–Crippen LogP) is 4.50. The zero-order valence-corrected chi connectivity index (χ0v) is 24.3. The van der Waals surface area contributed by atoms with E-state index in [0.717, 1.165) is 5.56 Å². The zero-order valence-electron chi connectivity index (χ0n) is 24.3. The van der Waals surface area contributed by atoms with E-state index >= 15 is 0 Å². The first-order valence-corrected chi connectivity index (χ1v) is 13.6. The van der Waals surface area contributed by atoms with E-state index in [9.17, 15) is 19.2 Å². The summed E-state index contributed by atoms with van der Waals surface area (Å²) in [4.78, 5) is 54.6. The molecule has 0 aromatic heterocycles. The standard InChI is InChI=1S/C32H34N4O6/c1-6-41-31(39)21-13-15-23-25(17-21)34-30(38)28(23)29(20-11-9-8-10-12-20)33-22-14-16-26(24(18-22)32(40)42-7-2)36(5)27(37)19-35(3)4/h8-18,33H,6-7,19H2,1-5H3,(H,34,38)/b29-28-. The van der Waals surface area contributed by atoms with E-state index in [4.69, 9.17) is 9.47 Å². The van der Waals surface area contributed by atoms with E-state index in [-0.39, 0.29) is 37.1 Å². The number of carbonyl (C=O) groups excluding carboxylic acids is 4. The van der Waals surface area contributed by atoms with Crippen LogP contribution in [-0.4, -0.2) is 69.6 Å². The topological polar surface area (TPSA) is 117 Å². The molecule has 3 aromatic carbocycles. The van der Waals surface area contributed by atoms with Crippen molar-refractivity contribution < 1.29 is 28.7 Å². The Bertz CT molecular complexity index is 1550. The molecule has 0 spiro atoms. The summed E-state index contributed by atoms with van der Waals surface area (Å²) in [5, 5.41) is 6.19. The van der Waals surface area contributed by atoms with Gasteiger partial charge in [0.2, 0.25) is 5.91 Å². The summed E-state index contributed by atoms with van der Waals surface area (Å²) < 4.78 is 10.4. The Kier molecular flexibility index (Phi) is 9.39. The number of anilines is 3. The van der Waals surface area contributed by atoms with Gasteiger partial charge in [-0.1, -0.05) is 36.4 Å². The third kappa shape index (κ3) is 6.50. The molecule has 0 saturated heterocycles. The van der Waals surface area contributed by atoms with Crippen LogP contribution in [-0.2, 0) is 19.1 Å². The third-order valence-electron chi connectivity index (χ3n) is 6.54. The van der Waals surface area contributed by atoms with Gasteiger partial charge in [0.1, 0.15) is 0 Å². The summed E-state index contributed by atoms with van der Waals surface area (Å²) in [5.41, 5.74) is 4.11. The number of hydrogen-bond donors (Lipinski definition) is 2. The van der Waals surface area contributed by atoms with Crippen molar-refractivity contribution in [1.29, 1.82) is 0 Å². The molecule has 0 saturated carbocycles. The molecule has 1 aliphatic heterocycles. The average molecular weight is 571 g/mol. The van der Waals surface area contributed by atoms with Crippen molar-refractivity contribution in [2.24, 2.45) is 0 Å². The number of amides is 2. The van der Waals surface area contributed by atoms with E-state index in [1.54, 1.807) is 76.3 Å². The lowest BCUT2D eigenvalue weighted by atomic mass is 9.98. The number of nitrogens with zero attached hydrogens (tertiary/aromatic N) is 2. The molecule has 0 radical (unpaired) electrons. The maximum atomic E-state index is 13.4. The average Bonchev–Trinajstić information content (AvgIpc) is 3.30. The van der Waals surface area contributed by atoms with Gasteiger partial charge in [-0.05, 0) is 63.8 Å². The van der Waals surface area contributed by atoms with Crippen molar-refractivity contribution >= 4 is 52.1 Å². The maximum Gasteiger partial charge on any atom is 0.340 e. The quantitative estimate of drug-likeness (QED) is 0.270. The third-order valence-corrected chi connectivity index (χ3v) is 6.54. The zero-order chi connectivity index (χ0) is 30.4. The Labute approximate surface area is 244 Å². The minimum Gasteiger partial charge on any atom is -0.462 e. The Hall–Kier alpha value is -4.96. The summed E-state index contributed by atoms with van der Waals surface area (Å²) in [7, 11) is 5.19. The number of carbonyl (C=O) groups is 4. The van der Waals surface area contributed by atoms with Crippen LogP contribution in [0.5, 0.6) is 0 Å². The fraction of sp³-hybridized carbons (Fsp3) is 0.250. The van der Waals surface area contributed by atoms with Gasteiger partial charge in [0.05, 0.1) is 53.5 Å². The van der Waals surface area contributed by atoms with Crippen LogP contribution >= 0.6 is 0 Å². The molecule has 0 unspecified atom stereocenters. The van der Waals surface area contributed by atoms with Gasteiger partial charge in [0.25, 0.3) is 5.91 Å². The largest absolute Gasteiger partial charge is 0.462 e. The van der Waals surface area contributed by atoms with Crippen molar-refractivity contribution in [3.63, 3.8) is 0 Å². The molecule has 218 valence electrons. The predicted molar refractivity (Wildman–Crippen MR) is 162 cm³/mol. The van der Waals surface area contributed by atoms with Crippen LogP contribution in [0.4, 0.5) is 17.1 Å². The van der Waals surface area contributed by atoms with Gasteiger partial charge < -0.3 is 29.9 Å². The van der Waals surface area contributed by atoms with Gasteiger partial charge in [-0.15, -0.1) is 0 Å². The molecule has 42 heavy (non-hydrogen) atoms. The van der Waals surface area contributed by atoms with Gasteiger partial charge in [0, 0.05) is 18.3 Å². The molecule has 1 heterocycles. The molecular formula is C32H34N4O6. The van der Waals surface area contributed by atoms with Crippen LogP contribution in [0.1, 0.15) is 45.7 Å². The van der Waals surface area contributed by atoms with Crippen LogP contribution in [0, 0.1) is 0 Å². The Morgan fingerprint density at radius 1 is 0.833 bits per heavy atom. The first kappa shape index (κ1) is 30.0. The molecule has 0 bridgehead atoms. The van der Waals surface area contributed by atoms with Gasteiger partial charge in [-0.3, -0.25) is 9.59 Å². The van der Waals surface area contributed by atoms with Crippen molar-refractivity contribution in [3.05, 3.63) is 89.0 Å². The number of rotatable bonds is 10. The number of benzene rings is 3. The summed E-state index contributed by atoms with van der Waals surface area (Å²) in [5.74, 6) is -1.60. The minimum absolute atomic E-state index is 0.162. The van der Waals surface area contributed by atoms with Crippen molar-refractivity contribution in [2.45, 2.75) is 13.8 Å². The van der Waals surface area contributed by atoms with E-state index in [0.29, 0.717) is 39.5 Å². The molecule has 10 heteroatoms. The Balaban J connectivity index is 1.81. The molecule has 0 aliphatic carbocycles. The van der Waals surface area contributed by atoms with Gasteiger partial charge in [-0.2, -0.15) is 0 Å². The van der Waals surface area contributed by atoms with Gasteiger partial charge in [0.15, 0.2) is 0 Å². The van der Waals surface area contributed by atoms with Crippen molar-refractivity contribution in [2.75, 3.05) is 56.4 Å². The molecular weight excluding hydrogens is 536 g/mol. The second-order valence-corrected chi connectivity index (χ2v) is 9.82. The minimum atomic E-state index is -0.579. The van der Waals surface area contributed by atoms with Crippen LogP contribution in [0.15, 0.2) is 66.7 Å². The molecule has 2 N–H and O–H groups in total. The van der Waals surface area contributed by atoms with Gasteiger partial charge >= 0.3 is 11.9 Å². The lowest BCUT2D eigenvalue weighted by Crippen LogP contribution is -2.36. The maximum absolute atomic E-state index is 13.4. The fourth-order valence-electron chi connectivity index (χ4n) is 4.58. The number of ether oxygens (including phenoxy) is 2. The lowest BCUT2D eigenvalue weighted by Gasteiger charge is -2.23. The molecule has 1 aliphatic rings. The SMILES string of the molecule is CCOC(=O)c1ccc2c(c1)NC(=O)/C2=C(\Nc1ccc(N(C)C(=O)CN(C)C)c(C(=O)OCC)c1)c1ccccc1. The summed E-state index contributed by atoms with van der Waals surface area (Å²) in [6, 6.07) is 19.2. The highest BCUT2D eigenvalue weighted by molar-refractivity contribution is 6.37. The number of nitrogens with one attached hydrogen (secondary N) is 2. The second-order valence-electron chi connectivity index (χ2n) is 9.82. The van der Waals surface area contributed by atoms with Crippen molar-refractivity contribution in [1.82, 2.24) is 4.90 Å². The second kappa shape index (κ2) is 13.1. The summed E-state index contributed by atoms with van der Waals surface area (Å²) >= 11 is 0. The molecule has 0 atom stereocenters. The normalized spacial score (nSPS) is 13.2. The number of hydrogen-bond acceptors (Lipinski definition) is 8. The molecule has 4 rings (SSSR count). The van der Waals surface area contributed by atoms with Crippen LogP contribution in [0.25, 0.3) is 11.3 Å². The Morgan fingerprint density at radius 3 is 2.19 bits per heavy atom. The summed E-state index contributed by atoms with van der Waals surface area (Å²) in [6.45, 7) is 4.00. The smallest absolute Gasteiger partial charge is 0.340 e. The number of esters is 2. The highest BCUT2D eigenvalue weighted by Crippen LogP contribution is 2.38. The van der Waals surface area contributed by atoms with Crippen LogP contribution < -0.4 is 15.5 Å². The summed E-state index contributed by atoms with van der Waals surface area (Å²) in [6.07, 6.45) is 0. The lowest BCUT2D eigenvalue weighted by molar-refractivity contribution is -0.119. The first-order chi connectivity index (χ1) is 20.1. The monoisotopic (exact) mass is 570 g/mol. The Morgan fingerprint density at radius 2 is 1.52 bits per heavy atom. The van der Waals surface area contributed by atoms with E-state index in [1.165, 1.54) is 4.90 Å². The highest BCUT2D eigenvalue weighted by Gasteiger charge is 2.30.